The van der Waals surface area contributed by atoms with E-state index < -0.39 is 11.8 Å². The summed E-state index contributed by atoms with van der Waals surface area (Å²) in [6, 6.07) is 30.4. The molecule has 1 aliphatic rings. The zero-order valence-electron chi connectivity index (χ0n) is 21.3. The van der Waals surface area contributed by atoms with Crippen molar-refractivity contribution in [3.05, 3.63) is 125 Å². The predicted octanol–water partition coefficient (Wildman–Crippen LogP) is 6.25. The maximum atomic E-state index is 13.6. The van der Waals surface area contributed by atoms with Crippen molar-refractivity contribution in [2.45, 2.75) is 11.8 Å². The van der Waals surface area contributed by atoms with Crippen molar-refractivity contribution in [1.29, 1.82) is 0 Å². The highest BCUT2D eigenvalue weighted by atomic mass is 32.2. The van der Waals surface area contributed by atoms with Crippen molar-refractivity contribution in [3.63, 3.8) is 0 Å². The molecule has 0 bridgehead atoms. The van der Waals surface area contributed by atoms with Crippen LogP contribution in [0.1, 0.15) is 15.9 Å². The number of rotatable bonds is 8. The second kappa shape index (κ2) is 11.3. The number of carbonyl (C=O) groups excluding carboxylic acids is 3. The average Bonchev–Trinajstić information content (AvgIpc) is 3.18. The Morgan fingerprint density at radius 1 is 0.795 bits per heavy atom. The van der Waals surface area contributed by atoms with Crippen molar-refractivity contribution in [3.8, 4) is 5.75 Å². The first-order chi connectivity index (χ1) is 18.9. The Labute approximate surface area is 230 Å². The lowest BCUT2D eigenvalue weighted by Crippen LogP contribution is -2.32. The number of hydrogen-bond acceptors (Lipinski definition) is 6. The molecular formula is C31H25N3O4S. The number of thioether (sulfide) groups is 1. The van der Waals surface area contributed by atoms with Gasteiger partial charge in [0, 0.05) is 21.8 Å². The maximum Gasteiger partial charge on any atom is 0.283 e. The average molecular weight is 536 g/mol. The van der Waals surface area contributed by atoms with Crippen molar-refractivity contribution < 1.29 is 19.1 Å². The number of nitrogens with one attached hydrogen (secondary N) is 2. The number of amides is 3. The van der Waals surface area contributed by atoms with Crippen LogP contribution in [0.4, 0.5) is 17.1 Å². The number of imide groups is 1. The van der Waals surface area contributed by atoms with Crippen LogP contribution in [0.25, 0.3) is 0 Å². The highest BCUT2D eigenvalue weighted by Crippen LogP contribution is 2.38. The molecule has 2 N–H and O–H groups in total. The summed E-state index contributed by atoms with van der Waals surface area (Å²) in [5.74, 6) is -0.462. The van der Waals surface area contributed by atoms with E-state index in [1.807, 2.05) is 55.5 Å². The van der Waals surface area contributed by atoms with Gasteiger partial charge in [-0.25, -0.2) is 4.90 Å². The number of nitrogens with zero attached hydrogens (tertiary/aromatic N) is 1. The molecule has 4 aromatic carbocycles. The van der Waals surface area contributed by atoms with Crippen LogP contribution in [0.3, 0.4) is 0 Å². The lowest BCUT2D eigenvalue weighted by Gasteiger charge is -2.15. The summed E-state index contributed by atoms with van der Waals surface area (Å²) in [6.07, 6.45) is 0. The number of para-hydroxylation sites is 1. The molecule has 0 saturated heterocycles. The Morgan fingerprint density at radius 2 is 1.49 bits per heavy atom. The molecule has 0 unspecified atom stereocenters. The number of methoxy groups -OCH3 is 1. The Balaban J connectivity index is 1.42. The standard InChI is InChI=1S/C31H25N3O4S/c1-20-11-15-24(16-12-20)34-30(36)27(32-22-7-4-3-5-8-22)28(31(34)37)39-26-10-6-9-23(19-26)33-29(35)21-13-17-25(38-2)18-14-21/h3-19,32H,1-2H3,(H,33,35). The minimum absolute atomic E-state index is 0.199. The number of ether oxygens (including phenoxy) is 1. The van der Waals surface area contributed by atoms with Crippen molar-refractivity contribution >= 4 is 46.5 Å². The van der Waals surface area contributed by atoms with Crippen LogP contribution in [0, 0.1) is 6.92 Å². The SMILES string of the molecule is COc1ccc(C(=O)Nc2cccc(SC3=C(Nc4ccccc4)C(=O)N(c4ccc(C)cc4)C3=O)c2)cc1. The number of carbonyl (C=O) groups is 3. The normalized spacial score (nSPS) is 13.0. The van der Waals surface area contributed by atoms with Crippen LogP contribution in [0.5, 0.6) is 5.75 Å². The highest BCUT2D eigenvalue weighted by molar-refractivity contribution is 8.04. The van der Waals surface area contributed by atoms with Gasteiger partial charge in [-0.1, -0.05) is 53.7 Å². The fraction of sp³-hybridized carbons (Fsp3) is 0.0645. The van der Waals surface area contributed by atoms with Gasteiger partial charge in [-0.05, 0) is 73.7 Å². The molecule has 1 aliphatic heterocycles. The first-order valence-corrected chi connectivity index (χ1v) is 13.0. The van der Waals surface area contributed by atoms with Gasteiger partial charge in [-0.15, -0.1) is 0 Å². The molecule has 0 aromatic heterocycles. The molecule has 0 saturated carbocycles. The van der Waals surface area contributed by atoms with Crippen molar-refractivity contribution in [1.82, 2.24) is 0 Å². The second-order valence-corrected chi connectivity index (χ2v) is 9.87. The van der Waals surface area contributed by atoms with Gasteiger partial charge in [0.1, 0.15) is 16.4 Å². The van der Waals surface area contributed by atoms with E-state index in [0.29, 0.717) is 33.3 Å². The minimum Gasteiger partial charge on any atom is -0.497 e. The monoisotopic (exact) mass is 535 g/mol. The Kier molecular flexibility index (Phi) is 7.47. The number of aryl methyl sites for hydroxylation is 1. The lowest BCUT2D eigenvalue weighted by molar-refractivity contribution is -0.120. The van der Waals surface area contributed by atoms with Crippen LogP contribution in [-0.4, -0.2) is 24.8 Å². The zero-order chi connectivity index (χ0) is 27.4. The van der Waals surface area contributed by atoms with Crippen LogP contribution in [0.15, 0.2) is 119 Å². The Morgan fingerprint density at radius 3 is 2.18 bits per heavy atom. The summed E-state index contributed by atoms with van der Waals surface area (Å²) < 4.78 is 5.15. The maximum absolute atomic E-state index is 13.6. The van der Waals surface area contributed by atoms with Crippen LogP contribution in [0.2, 0.25) is 0 Å². The summed E-state index contributed by atoms with van der Waals surface area (Å²) in [7, 11) is 1.57. The Bertz CT molecular complexity index is 1570. The fourth-order valence-electron chi connectivity index (χ4n) is 4.01. The number of anilines is 3. The van der Waals surface area contributed by atoms with E-state index >= 15 is 0 Å². The van der Waals surface area contributed by atoms with E-state index in [9.17, 15) is 14.4 Å². The third-order valence-corrected chi connectivity index (χ3v) is 7.11. The molecule has 8 heteroatoms. The third-order valence-electron chi connectivity index (χ3n) is 6.04. The molecule has 0 aliphatic carbocycles. The molecule has 5 rings (SSSR count). The van der Waals surface area contributed by atoms with Crippen LogP contribution < -0.4 is 20.3 Å². The molecule has 4 aromatic rings. The van der Waals surface area contributed by atoms with E-state index in [1.54, 1.807) is 61.7 Å². The summed E-state index contributed by atoms with van der Waals surface area (Å²) in [5.41, 5.74) is 3.46. The molecule has 39 heavy (non-hydrogen) atoms. The summed E-state index contributed by atoms with van der Waals surface area (Å²) in [4.78, 5) is 42.0. The van der Waals surface area contributed by atoms with Gasteiger partial charge in [-0.2, -0.15) is 0 Å². The quantitative estimate of drug-likeness (QED) is 0.260. The van der Waals surface area contributed by atoms with Gasteiger partial charge in [0.15, 0.2) is 0 Å². The van der Waals surface area contributed by atoms with Gasteiger partial charge in [0.2, 0.25) is 0 Å². The smallest absolute Gasteiger partial charge is 0.283 e. The molecule has 3 amide bonds. The molecule has 0 radical (unpaired) electrons. The molecule has 1 heterocycles. The molecule has 7 nitrogen and oxygen atoms in total. The predicted molar refractivity (Wildman–Crippen MR) is 154 cm³/mol. The van der Waals surface area contributed by atoms with Crippen LogP contribution in [-0.2, 0) is 9.59 Å². The molecule has 0 spiro atoms. The van der Waals surface area contributed by atoms with E-state index in [1.165, 1.54) is 16.7 Å². The highest BCUT2D eigenvalue weighted by Gasteiger charge is 2.40. The van der Waals surface area contributed by atoms with Crippen molar-refractivity contribution in [2.24, 2.45) is 0 Å². The number of hydrogen-bond donors (Lipinski definition) is 2. The third kappa shape index (κ3) is 5.71. The molecule has 0 fully saturated rings. The minimum atomic E-state index is -0.431. The van der Waals surface area contributed by atoms with Crippen molar-refractivity contribution in [2.75, 3.05) is 22.6 Å². The summed E-state index contributed by atoms with van der Waals surface area (Å²) in [5, 5.41) is 6.03. The molecule has 0 atom stereocenters. The zero-order valence-corrected chi connectivity index (χ0v) is 22.1. The fourth-order valence-corrected chi connectivity index (χ4v) is 5.00. The summed E-state index contributed by atoms with van der Waals surface area (Å²) in [6.45, 7) is 1.94. The Hall–Kier alpha value is -4.82. The van der Waals surface area contributed by atoms with Crippen LogP contribution >= 0.6 is 11.8 Å². The molecule has 194 valence electrons. The largest absolute Gasteiger partial charge is 0.497 e. The lowest BCUT2D eigenvalue weighted by atomic mass is 10.2. The van der Waals surface area contributed by atoms with Gasteiger partial charge in [-0.3, -0.25) is 14.4 Å². The number of benzene rings is 4. The first kappa shape index (κ1) is 25.8. The van der Waals surface area contributed by atoms with Gasteiger partial charge in [0.25, 0.3) is 17.7 Å². The van der Waals surface area contributed by atoms with Gasteiger partial charge >= 0.3 is 0 Å². The van der Waals surface area contributed by atoms with E-state index in [0.717, 1.165) is 5.56 Å². The topological polar surface area (TPSA) is 87.7 Å². The molecular weight excluding hydrogens is 510 g/mol. The second-order valence-electron chi connectivity index (χ2n) is 8.79. The van der Waals surface area contributed by atoms with Gasteiger partial charge < -0.3 is 15.4 Å². The van der Waals surface area contributed by atoms with E-state index in [-0.39, 0.29) is 16.5 Å². The van der Waals surface area contributed by atoms with E-state index in [2.05, 4.69) is 10.6 Å². The van der Waals surface area contributed by atoms with Gasteiger partial charge in [0.05, 0.1) is 12.8 Å². The van der Waals surface area contributed by atoms with E-state index in [4.69, 9.17) is 4.74 Å². The first-order valence-electron chi connectivity index (χ1n) is 12.2. The summed E-state index contributed by atoms with van der Waals surface area (Å²) >= 11 is 1.17.